The highest BCUT2D eigenvalue weighted by Crippen LogP contribution is 2.34. The Bertz CT molecular complexity index is 127. The number of alkyl halides is 2. The van der Waals surface area contributed by atoms with Crippen molar-refractivity contribution in [2.45, 2.75) is 31.5 Å². The minimum Gasteiger partial charge on any atom is -0.394 e. The SMILES string of the molecule is CC1OC(CO)CC1(F)F. The summed E-state index contributed by atoms with van der Waals surface area (Å²) in [7, 11) is 0. The molecular formula is C6H10F2O2. The van der Waals surface area contributed by atoms with Gasteiger partial charge in [0.15, 0.2) is 0 Å². The molecule has 1 aliphatic heterocycles. The summed E-state index contributed by atoms with van der Waals surface area (Å²) in [5.41, 5.74) is 0. The number of hydrogen-bond donors (Lipinski definition) is 1. The molecule has 2 atom stereocenters. The number of rotatable bonds is 1. The van der Waals surface area contributed by atoms with Crippen molar-refractivity contribution in [2.75, 3.05) is 6.61 Å². The number of ether oxygens (including phenoxy) is 1. The number of aliphatic hydroxyl groups is 1. The maximum atomic E-state index is 12.5. The fraction of sp³-hybridized carbons (Fsp3) is 1.00. The van der Waals surface area contributed by atoms with Crippen molar-refractivity contribution < 1.29 is 18.6 Å². The lowest BCUT2D eigenvalue weighted by molar-refractivity contribution is -0.0676. The van der Waals surface area contributed by atoms with E-state index in [4.69, 9.17) is 9.84 Å². The fourth-order valence-electron chi connectivity index (χ4n) is 1.01. The van der Waals surface area contributed by atoms with Crippen LogP contribution in [0.1, 0.15) is 13.3 Å². The van der Waals surface area contributed by atoms with E-state index in [9.17, 15) is 8.78 Å². The Balaban J connectivity index is 2.53. The highest BCUT2D eigenvalue weighted by atomic mass is 19.3. The first-order valence-corrected chi connectivity index (χ1v) is 3.20. The molecule has 1 N–H and O–H groups in total. The maximum Gasteiger partial charge on any atom is 0.276 e. The molecule has 0 amide bonds. The first-order chi connectivity index (χ1) is 4.56. The minimum atomic E-state index is -2.76. The second kappa shape index (κ2) is 2.43. The van der Waals surface area contributed by atoms with E-state index in [2.05, 4.69) is 0 Å². The molecule has 1 rings (SSSR count). The summed E-state index contributed by atoms with van der Waals surface area (Å²) in [4.78, 5) is 0. The average Bonchev–Trinajstić information content (AvgIpc) is 2.08. The van der Waals surface area contributed by atoms with Gasteiger partial charge < -0.3 is 9.84 Å². The van der Waals surface area contributed by atoms with E-state index in [0.717, 1.165) is 0 Å². The Kier molecular flexibility index (Phi) is 1.92. The van der Waals surface area contributed by atoms with E-state index in [0.29, 0.717) is 0 Å². The standard InChI is InChI=1S/C6H10F2O2/c1-4-6(7,8)2-5(3-9)10-4/h4-5,9H,2-3H2,1H3. The van der Waals surface area contributed by atoms with Gasteiger partial charge >= 0.3 is 0 Å². The summed E-state index contributed by atoms with van der Waals surface area (Å²) in [6.07, 6.45) is -2.08. The molecule has 0 aromatic rings. The minimum absolute atomic E-state index is 0.320. The smallest absolute Gasteiger partial charge is 0.276 e. The van der Waals surface area contributed by atoms with E-state index < -0.39 is 18.1 Å². The monoisotopic (exact) mass is 152 g/mol. The largest absolute Gasteiger partial charge is 0.394 e. The molecule has 0 aromatic carbocycles. The van der Waals surface area contributed by atoms with Gasteiger partial charge in [-0.05, 0) is 6.92 Å². The summed E-state index contributed by atoms with van der Waals surface area (Å²) >= 11 is 0. The summed E-state index contributed by atoms with van der Waals surface area (Å²) in [5, 5.41) is 8.46. The molecule has 2 nitrogen and oxygen atoms in total. The van der Waals surface area contributed by atoms with Crippen molar-refractivity contribution in [3.8, 4) is 0 Å². The van der Waals surface area contributed by atoms with Crippen LogP contribution in [0.3, 0.4) is 0 Å². The molecule has 0 aromatic heterocycles. The van der Waals surface area contributed by atoms with E-state index in [1.807, 2.05) is 0 Å². The molecule has 0 saturated carbocycles. The van der Waals surface area contributed by atoms with Crippen molar-refractivity contribution in [3.63, 3.8) is 0 Å². The summed E-state index contributed by atoms with van der Waals surface area (Å²) < 4.78 is 29.8. The number of aliphatic hydroxyl groups excluding tert-OH is 1. The third-order valence-electron chi connectivity index (χ3n) is 1.69. The molecular weight excluding hydrogens is 142 g/mol. The molecule has 1 saturated heterocycles. The summed E-state index contributed by atoms with van der Waals surface area (Å²) in [6.45, 7) is 0.996. The Morgan fingerprint density at radius 2 is 2.30 bits per heavy atom. The molecule has 2 unspecified atom stereocenters. The van der Waals surface area contributed by atoms with Crippen LogP contribution < -0.4 is 0 Å². The Morgan fingerprint density at radius 1 is 1.70 bits per heavy atom. The van der Waals surface area contributed by atoms with Crippen LogP contribution in [0.2, 0.25) is 0 Å². The van der Waals surface area contributed by atoms with Gasteiger partial charge in [-0.25, -0.2) is 8.78 Å². The Hall–Kier alpha value is -0.220. The molecule has 0 aliphatic carbocycles. The zero-order chi connectivity index (χ0) is 7.78. The van der Waals surface area contributed by atoms with Gasteiger partial charge in [-0.15, -0.1) is 0 Å². The number of hydrogen-bond acceptors (Lipinski definition) is 2. The van der Waals surface area contributed by atoms with Gasteiger partial charge in [0.25, 0.3) is 5.92 Å². The third kappa shape index (κ3) is 1.27. The number of halogens is 2. The Labute approximate surface area is 57.8 Å². The average molecular weight is 152 g/mol. The molecule has 10 heavy (non-hydrogen) atoms. The van der Waals surface area contributed by atoms with Crippen LogP contribution in [0, 0.1) is 0 Å². The molecule has 1 aliphatic rings. The van der Waals surface area contributed by atoms with Gasteiger partial charge in [-0.3, -0.25) is 0 Å². The molecule has 60 valence electrons. The van der Waals surface area contributed by atoms with Crippen molar-refractivity contribution in [2.24, 2.45) is 0 Å². The highest BCUT2D eigenvalue weighted by Gasteiger charge is 2.47. The van der Waals surface area contributed by atoms with Gasteiger partial charge in [0.1, 0.15) is 6.10 Å². The van der Waals surface area contributed by atoms with E-state index in [1.54, 1.807) is 0 Å². The zero-order valence-electron chi connectivity index (χ0n) is 5.68. The van der Waals surface area contributed by atoms with Gasteiger partial charge in [-0.2, -0.15) is 0 Å². The quantitative estimate of drug-likeness (QED) is 0.602. The van der Waals surface area contributed by atoms with Gasteiger partial charge in [0.05, 0.1) is 12.7 Å². The maximum absolute atomic E-state index is 12.5. The zero-order valence-corrected chi connectivity index (χ0v) is 5.68. The molecule has 4 heteroatoms. The van der Waals surface area contributed by atoms with Crippen molar-refractivity contribution >= 4 is 0 Å². The first kappa shape index (κ1) is 7.88. The fourth-order valence-corrected chi connectivity index (χ4v) is 1.01. The Morgan fingerprint density at radius 3 is 2.50 bits per heavy atom. The second-order valence-electron chi connectivity index (χ2n) is 2.55. The molecule has 1 fully saturated rings. The van der Waals surface area contributed by atoms with E-state index >= 15 is 0 Å². The molecule has 1 heterocycles. The predicted molar refractivity (Wildman–Crippen MR) is 31.0 cm³/mol. The van der Waals surface area contributed by atoms with Crippen molar-refractivity contribution in [3.05, 3.63) is 0 Å². The predicted octanol–water partition coefficient (Wildman–Crippen LogP) is 0.791. The van der Waals surface area contributed by atoms with Gasteiger partial charge in [-0.1, -0.05) is 0 Å². The lowest BCUT2D eigenvalue weighted by Crippen LogP contribution is -2.24. The van der Waals surface area contributed by atoms with Crippen LogP contribution in [-0.4, -0.2) is 29.8 Å². The van der Waals surface area contributed by atoms with Gasteiger partial charge in [0, 0.05) is 6.42 Å². The van der Waals surface area contributed by atoms with Crippen LogP contribution in [-0.2, 0) is 4.74 Å². The van der Waals surface area contributed by atoms with Crippen LogP contribution in [0.5, 0.6) is 0 Å². The van der Waals surface area contributed by atoms with Gasteiger partial charge in [0.2, 0.25) is 0 Å². The van der Waals surface area contributed by atoms with Crippen LogP contribution in [0.4, 0.5) is 8.78 Å². The lowest BCUT2D eigenvalue weighted by Gasteiger charge is -2.10. The highest BCUT2D eigenvalue weighted by molar-refractivity contribution is 4.85. The molecule has 0 radical (unpaired) electrons. The summed E-state index contributed by atoms with van der Waals surface area (Å²) in [6, 6.07) is 0. The van der Waals surface area contributed by atoms with Crippen molar-refractivity contribution in [1.29, 1.82) is 0 Å². The van der Waals surface area contributed by atoms with Crippen LogP contribution >= 0.6 is 0 Å². The third-order valence-corrected chi connectivity index (χ3v) is 1.69. The topological polar surface area (TPSA) is 29.5 Å². The lowest BCUT2D eigenvalue weighted by atomic mass is 10.1. The van der Waals surface area contributed by atoms with Crippen molar-refractivity contribution in [1.82, 2.24) is 0 Å². The summed E-state index contributed by atoms with van der Waals surface area (Å²) in [5.74, 6) is -2.76. The molecule has 0 spiro atoms. The normalized spacial score (nSPS) is 38.4. The van der Waals surface area contributed by atoms with E-state index in [-0.39, 0.29) is 13.0 Å². The van der Waals surface area contributed by atoms with E-state index in [1.165, 1.54) is 6.92 Å². The van der Waals surface area contributed by atoms with Crippen LogP contribution in [0.15, 0.2) is 0 Å². The molecule has 0 bridgehead atoms. The first-order valence-electron chi connectivity index (χ1n) is 3.20. The van der Waals surface area contributed by atoms with Crippen LogP contribution in [0.25, 0.3) is 0 Å². The second-order valence-corrected chi connectivity index (χ2v) is 2.55.